The average molecular weight is 227 g/mol. The molecule has 5 heteroatoms. The summed E-state index contributed by atoms with van der Waals surface area (Å²) in [5.41, 5.74) is 6.73. The third kappa shape index (κ3) is 5.44. The lowest BCUT2D eigenvalue weighted by molar-refractivity contribution is 0.0912. The molecular weight excluding hydrogens is 202 g/mol. The summed E-state index contributed by atoms with van der Waals surface area (Å²) in [6.07, 6.45) is 6.74. The average Bonchev–Trinajstić information content (AvgIpc) is 2.30. The lowest BCUT2D eigenvalue weighted by Crippen LogP contribution is -2.53. The number of nitrogens with one attached hydrogen (secondary N) is 2. The van der Waals surface area contributed by atoms with Crippen molar-refractivity contribution in [1.29, 1.82) is 0 Å². The molecule has 0 aromatic carbocycles. The summed E-state index contributed by atoms with van der Waals surface area (Å²) in [4.78, 5) is 4.30. The Hall–Kier alpha value is -0.650. The molecule has 0 fully saturated rings. The summed E-state index contributed by atoms with van der Waals surface area (Å²) in [5, 5.41) is 4.17. The molecule has 16 heavy (non-hydrogen) atoms. The van der Waals surface area contributed by atoms with E-state index < -0.39 is 0 Å². The smallest absolute Gasteiger partial charge is 0.108 e. The van der Waals surface area contributed by atoms with Crippen molar-refractivity contribution in [3.8, 4) is 0 Å². The summed E-state index contributed by atoms with van der Waals surface area (Å²) in [6, 6.07) is 0. The second kappa shape index (κ2) is 8.50. The zero-order chi connectivity index (χ0) is 11.6. The van der Waals surface area contributed by atoms with E-state index in [4.69, 9.17) is 0 Å². The number of rotatable bonds is 8. The lowest BCUT2D eigenvalue weighted by Gasteiger charge is -2.32. The molecule has 0 saturated heterocycles. The van der Waals surface area contributed by atoms with Crippen molar-refractivity contribution in [3.05, 3.63) is 0 Å². The van der Waals surface area contributed by atoms with Crippen molar-refractivity contribution in [3.63, 3.8) is 0 Å². The van der Waals surface area contributed by atoms with Crippen LogP contribution >= 0.6 is 0 Å². The van der Waals surface area contributed by atoms with Gasteiger partial charge >= 0.3 is 0 Å². The van der Waals surface area contributed by atoms with Gasteiger partial charge in [-0.1, -0.05) is 26.7 Å². The van der Waals surface area contributed by atoms with E-state index in [1.54, 1.807) is 0 Å². The Labute approximate surface area is 98.8 Å². The quantitative estimate of drug-likeness (QED) is 0.611. The minimum atomic E-state index is 0.746. The Morgan fingerprint density at radius 3 is 2.50 bits per heavy atom. The molecule has 94 valence electrons. The minimum absolute atomic E-state index is 0.746. The molecule has 0 aliphatic carbocycles. The predicted molar refractivity (Wildman–Crippen MR) is 67.7 cm³/mol. The number of hydrazine groups is 2. The first-order chi connectivity index (χ1) is 7.86. The van der Waals surface area contributed by atoms with Gasteiger partial charge in [-0.15, -0.1) is 0 Å². The molecule has 1 aliphatic rings. The van der Waals surface area contributed by atoms with E-state index in [2.05, 4.69) is 34.7 Å². The van der Waals surface area contributed by atoms with Crippen LogP contribution in [0.3, 0.4) is 0 Å². The standard InChI is InChI=1S/C11H25N5/c1-3-5-7-13-15-9-12-10-16(11-15)14-8-6-4-2/h9,13-14H,3-8,10-11H2,1-2H3. The maximum atomic E-state index is 4.30. The van der Waals surface area contributed by atoms with Gasteiger partial charge in [-0.2, -0.15) is 0 Å². The maximum absolute atomic E-state index is 4.30. The molecule has 0 aromatic rings. The first-order valence-electron chi connectivity index (χ1n) is 6.35. The molecular formula is C11H25N5. The molecule has 0 unspecified atom stereocenters. The Balaban J connectivity index is 2.14. The molecule has 0 bridgehead atoms. The lowest BCUT2D eigenvalue weighted by atomic mass is 10.3. The molecule has 0 atom stereocenters. The second-order valence-corrected chi connectivity index (χ2v) is 4.11. The predicted octanol–water partition coefficient (Wildman–Crippen LogP) is 1.16. The highest BCUT2D eigenvalue weighted by molar-refractivity contribution is 5.54. The SMILES string of the molecule is CCCCNN1C=NCN(NCCCC)C1. The summed E-state index contributed by atoms with van der Waals surface area (Å²) < 4.78 is 0. The van der Waals surface area contributed by atoms with Crippen molar-refractivity contribution >= 4 is 6.34 Å². The van der Waals surface area contributed by atoms with Gasteiger partial charge in [0.25, 0.3) is 0 Å². The van der Waals surface area contributed by atoms with Gasteiger partial charge in [0.1, 0.15) is 19.7 Å². The Kier molecular flexibility index (Phi) is 7.12. The van der Waals surface area contributed by atoms with E-state index in [1.165, 1.54) is 25.7 Å². The number of nitrogens with zero attached hydrogens (tertiary/aromatic N) is 3. The molecule has 1 aliphatic heterocycles. The van der Waals surface area contributed by atoms with Crippen molar-refractivity contribution in [2.75, 3.05) is 26.4 Å². The number of aliphatic imine (C=N–C) groups is 1. The number of hydrogen-bond acceptors (Lipinski definition) is 5. The third-order valence-corrected chi connectivity index (χ3v) is 2.51. The maximum Gasteiger partial charge on any atom is 0.108 e. The zero-order valence-electron chi connectivity index (χ0n) is 10.6. The van der Waals surface area contributed by atoms with E-state index in [-0.39, 0.29) is 0 Å². The fraction of sp³-hybridized carbons (Fsp3) is 0.909. The molecule has 0 amide bonds. The van der Waals surface area contributed by atoms with Crippen LogP contribution in [-0.2, 0) is 0 Å². The fourth-order valence-corrected chi connectivity index (χ4v) is 1.50. The molecule has 1 rings (SSSR count). The molecule has 1 heterocycles. The van der Waals surface area contributed by atoms with Crippen molar-refractivity contribution in [2.45, 2.75) is 39.5 Å². The van der Waals surface area contributed by atoms with E-state index in [0.717, 1.165) is 26.4 Å². The second-order valence-electron chi connectivity index (χ2n) is 4.11. The minimum Gasteiger partial charge on any atom is -0.283 e. The molecule has 0 radical (unpaired) electrons. The van der Waals surface area contributed by atoms with E-state index in [1.807, 2.05) is 11.3 Å². The van der Waals surface area contributed by atoms with Crippen LogP contribution in [0.5, 0.6) is 0 Å². The summed E-state index contributed by atoms with van der Waals surface area (Å²) in [7, 11) is 0. The summed E-state index contributed by atoms with van der Waals surface area (Å²) in [6.45, 7) is 8.06. The van der Waals surface area contributed by atoms with Crippen LogP contribution in [0.2, 0.25) is 0 Å². The normalized spacial score (nSPS) is 17.0. The molecule has 0 aromatic heterocycles. The van der Waals surface area contributed by atoms with Gasteiger partial charge in [-0.05, 0) is 12.8 Å². The van der Waals surface area contributed by atoms with Crippen molar-refractivity contribution in [2.24, 2.45) is 4.99 Å². The monoisotopic (exact) mass is 227 g/mol. The van der Waals surface area contributed by atoms with Gasteiger partial charge in [0.05, 0.1) is 0 Å². The van der Waals surface area contributed by atoms with Gasteiger partial charge in [-0.25, -0.2) is 10.4 Å². The van der Waals surface area contributed by atoms with Crippen LogP contribution in [-0.4, -0.2) is 42.8 Å². The van der Waals surface area contributed by atoms with Crippen LogP contribution in [0.1, 0.15) is 39.5 Å². The van der Waals surface area contributed by atoms with Gasteiger partial charge in [-0.3, -0.25) is 15.4 Å². The number of hydrogen-bond donors (Lipinski definition) is 2. The molecule has 0 saturated carbocycles. The van der Waals surface area contributed by atoms with Crippen molar-refractivity contribution < 1.29 is 0 Å². The molecule has 2 N–H and O–H groups in total. The van der Waals surface area contributed by atoms with Crippen LogP contribution in [0.4, 0.5) is 0 Å². The van der Waals surface area contributed by atoms with E-state index >= 15 is 0 Å². The van der Waals surface area contributed by atoms with Gasteiger partial charge < -0.3 is 0 Å². The van der Waals surface area contributed by atoms with Crippen molar-refractivity contribution in [1.82, 2.24) is 20.9 Å². The Morgan fingerprint density at radius 2 is 1.81 bits per heavy atom. The highest BCUT2D eigenvalue weighted by atomic mass is 15.7. The van der Waals surface area contributed by atoms with Crippen LogP contribution in [0, 0.1) is 0 Å². The fourth-order valence-electron chi connectivity index (χ4n) is 1.50. The summed E-state index contributed by atoms with van der Waals surface area (Å²) >= 11 is 0. The molecule has 5 nitrogen and oxygen atoms in total. The van der Waals surface area contributed by atoms with Gasteiger partial charge in [0, 0.05) is 13.1 Å². The Morgan fingerprint density at radius 1 is 1.12 bits per heavy atom. The summed E-state index contributed by atoms with van der Waals surface area (Å²) in [5.74, 6) is 0. The first-order valence-corrected chi connectivity index (χ1v) is 6.35. The first kappa shape index (κ1) is 13.4. The topological polar surface area (TPSA) is 42.9 Å². The third-order valence-electron chi connectivity index (χ3n) is 2.51. The highest BCUT2D eigenvalue weighted by Crippen LogP contribution is 1.95. The number of unbranched alkanes of at least 4 members (excludes halogenated alkanes) is 2. The molecule has 0 spiro atoms. The van der Waals surface area contributed by atoms with E-state index in [9.17, 15) is 0 Å². The van der Waals surface area contributed by atoms with Crippen LogP contribution in [0.25, 0.3) is 0 Å². The van der Waals surface area contributed by atoms with Crippen LogP contribution in [0.15, 0.2) is 4.99 Å². The van der Waals surface area contributed by atoms with Gasteiger partial charge in [0.2, 0.25) is 0 Å². The van der Waals surface area contributed by atoms with Crippen LogP contribution < -0.4 is 10.9 Å². The highest BCUT2D eigenvalue weighted by Gasteiger charge is 2.11. The van der Waals surface area contributed by atoms with Gasteiger partial charge in [0.15, 0.2) is 0 Å². The zero-order valence-corrected chi connectivity index (χ0v) is 10.6. The Bertz CT molecular complexity index is 195. The largest absolute Gasteiger partial charge is 0.283 e. The van der Waals surface area contributed by atoms with E-state index in [0.29, 0.717) is 0 Å².